The first kappa shape index (κ1) is 32.1. The highest BCUT2D eigenvalue weighted by atomic mass is 32.2. The average Bonchev–Trinajstić information content (AvgIpc) is 3.45. The van der Waals surface area contributed by atoms with E-state index in [0.29, 0.717) is 38.3 Å². The molecule has 0 bridgehead atoms. The van der Waals surface area contributed by atoms with Crippen LogP contribution in [0, 0.1) is 17.8 Å². The molecule has 1 saturated carbocycles. The molecule has 5 atom stereocenters. The van der Waals surface area contributed by atoms with E-state index in [2.05, 4.69) is 16.0 Å². The Morgan fingerprint density at radius 3 is 2.42 bits per heavy atom. The second-order valence-electron chi connectivity index (χ2n) is 11.7. The van der Waals surface area contributed by atoms with Gasteiger partial charge >= 0.3 is 6.09 Å². The van der Waals surface area contributed by atoms with Crippen LogP contribution in [0.2, 0.25) is 0 Å². The maximum atomic E-state index is 13.1. The van der Waals surface area contributed by atoms with Crippen molar-refractivity contribution in [1.82, 2.24) is 20.9 Å². The Kier molecular flexibility index (Phi) is 11.6. The highest BCUT2D eigenvalue weighted by molar-refractivity contribution is 7.86. The zero-order valence-electron chi connectivity index (χ0n) is 23.3. The maximum absolute atomic E-state index is 13.1. The minimum Gasteiger partial charge on any atom is -0.746 e. The molecule has 3 fully saturated rings. The number of aliphatic hydroxyl groups is 1. The Hall–Kier alpha value is -2.45. The van der Waals surface area contributed by atoms with E-state index in [4.69, 9.17) is 4.74 Å². The molecule has 14 heteroatoms. The molecule has 3 rings (SSSR count). The molecule has 228 valence electrons. The molecule has 13 nitrogen and oxygen atoms in total. The van der Waals surface area contributed by atoms with Crippen LogP contribution in [0.4, 0.5) is 4.79 Å². The van der Waals surface area contributed by atoms with Crippen LogP contribution in [0.15, 0.2) is 0 Å². The predicted octanol–water partition coefficient (Wildman–Crippen LogP) is 0.573. The van der Waals surface area contributed by atoms with Crippen LogP contribution in [0.25, 0.3) is 0 Å². The number of aliphatic hydroxyl groups excluding tert-OH is 1. The molecule has 1 aliphatic carbocycles. The number of ether oxygens (including phenoxy) is 1. The van der Waals surface area contributed by atoms with Gasteiger partial charge in [0, 0.05) is 25.4 Å². The molecule has 2 heterocycles. The lowest BCUT2D eigenvalue weighted by Crippen LogP contribution is -2.55. The number of carbonyl (C=O) groups is 4. The molecule has 0 spiro atoms. The largest absolute Gasteiger partial charge is 0.746 e. The van der Waals surface area contributed by atoms with Gasteiger partial charge in [0.2, 0.25) is 17.7 Å². The van der Waals surface area contributed by atoms with Crippen molar-refractivity contribution in [2.75, 3.05) is 19.7 Å². The number of rotatable bonds is 13. The zero-order chi connectivity index (χ0) is 29.4. The van der Waals surface area contributed by atoms with Crippen molar-refractivity contribution < 1.29 is 42.0 Å². The van der Waals surface area contributed by atoms with Gasteiger partial charge < -0.3 is 35.2 Å². The monoisotopic (exact) mass is 587 g/mol. The molecule has 2 saturated heterocycles. The van der Waals surface area contributed by atoms with Crippen LogP contribution in [0.3, 0.4) is 0 Å². The minimum absolute atomic E-state index is 0.0210. The van der Waals surface area contributed by atoms with Crippen molar-refractivity contribution in [2.45, 2.75) is 102 Å². The summed E-state index contributed by atoms with van der Waals surface area (Å²) < 4.78 is 40.1. The third kappa shape index (κ3) is 9.30. The molecule has 0 aromatic carbocycles. The van der Waals surface area contributed by atoms with E-state index in [0.717, 1.165) is 25.7 Å². The van der Waals surface area contributed by atoms with Crippen LogP contribution in [-0.2, 0) is 29.2 Å². The van der Waals surface area contributed by atoms with Crippen molar-refractivity contribution in [3.63, 3.8) is 0 Å². The molecule has 1 unspecified atom stereocenters. The van der Waals surface area contributed by atoms with Gasteiger partial charge in [-0.25, -0.2) is 13.2 Å². The molecular weight excluding hydrogens is 544 g/mol. The second-order valence-corrected chi connectivity index (χ2v) is 13.1. The van der Waals surface area contributed by atoms with E-state index in [-0.39, 0.29) is 43.2 Å². The molecule has 4 amide bonds. The molecule has 2 aliphatic heterocycles. The lowest BCUT2D eigenvalue weighted by molar-refractivity contribution is -0.130. The predicted molar refractivity (Wildman–Crippen MR) is 142 cm³/mol. The van der Waals surface area contributed by atoms with Crippen LogP contribution in [0.1, 0.15) is 78.1 Å². The van der Waals surface area contributed by atoms with Gasteiger partial charge in [-0.3, -0.25) is 14.4 Å². The Morgan fingerprint density at radius 2 is 1.82 bits per heavy atom. The SMILES string of the molecule is CC(C)C[C@H](NC(=O)OC[C@@H]1CCC(=O)N1CC1CCCCC1)C(=O)N[C@@H](C[C@@H]1CCNC1=O)C(O)S(=O)(=O)[O-]. The van der Waals surface area contributed by atoms with Gasteiger partial charge in [-0.05, 0) is 50.4 Å². The summed E-state index contributed by atoms with van der Waals surface area (Å²) >= 11 is 0. The lowest BCUT2D eigenvalue weighted by Gasteiger charge is -2.31. The quantitative estimate of drug-likeness (QED) is 0.223. The van der Waals surface area contributed by atoms with Crippen molar-refractivity contribution in [2.24, 2.45) is 17.8 Å². The number of nitrogens with zero attached hydrogens (tertiary/aromatic N) is 1. The van der Waals surface area contributed by atoms with Gasteiger partial charge in [0.15, 0.2) is 5.44 Å². The number of hydrogen-bond donors (Lipinski definition) is 4. The third-order valence-electron chi connectivity index (χ3n) is 8.02. The Labute approximate surface area is 235 Å². The van der Waals surface area contributed by atoms with Gasteiger partial charge in [0.05, 0.1) is 12.1 Å². The van der Waals surface area contributed by atoms with Crippen molar-refractivity contribution in [3.05, 3.63) is 0 Å². The Balaban J connectivity index is 1.60. The summed E-state index contributed by atoms with van der Waals surface area (Å²) in [6.07, 6.45) is 6.05. The number of amides is 4. The molecule has 40 heavy (non-hydrogen) atoms. The first-order valence-electron chi connectivity index (χ1n) is 14.3. The van der Waals surface area contributed by atoms with Crippen molar-refractivity contribution >= 4 is 33.9 Å². The number of nitrogens with one attached hydrogen (secondary N) is 3. The second kappa shape index (κ2) is 14.4. The summed E-state index contributed by atoms with van der Waals surface area (Å²) in [4.78, 5) is 52.1. The summed E-state index contributed by atoms with van der Waals surface area (Å²) in [6.45, 7) is 4.62. The molecule has 0 radical (unpaired) electrons. The standard InChI is InChI=1S/C26H44N4O9S/c1-16(2)12-20(24(33)28-21(25(34)40(36,37)38)13-18-10-11-27-23(18)32)29-26(35)39-15-19-8-9-22(31)30(19)14-17-6-4-3-5-7-17/h16-21,25,34H,3-15H2,1-2H3,(H,27,32)(H,28,33)(H,29,35)(H,36,37,38)/p-1/t18-,19-,20-,21-,25?/m0/s1. The maximum Gasteiger partial charge on any atom is 0.407 e. The van der Waals surface area contributed by atoms with Gasteiger partial charge in [-0.15, -0.1) is 0 Å². The highest BCUT2D eigenvalue weighted by Gasteiger charge is 2.37. The summed E-state index contributed by atoms with van der Waals surface area (Å²) in [5.41, 5.74) is -2.47. The number of alkyl carbamates (subject to hydrolysis) is 1. The normalized spacial score (nSPS) is 24.5. The van der Waals surface area contributed by atoms with Gasteiger partial charge in [-0.1, -0.05) is 33.1 Å². The van der Waals surface area contributed by atoms with E-state index >= 15 is 0 Å². The van der Waals surface area contributed by atoms with Crippen LogP contribution in [0.5, 0.6) is 0 Å². The molecule has 3 aliphatic rings. The van der Waals surface area contributed by atoms with E-state index in [1.165, 1.54) is 6.42 Å². The summed E-state index contributed by atoms with van der Waals surface area (Å²) in [5, 5.41) is 17.6. The van der Waals surface area contributed by atoms with E-state index in [1.54, 1.807) is 4.90 Å². The Bertz CT molecular complexity index is 1020. The fourth-order valence-corrected chi connectivity index (χ4v) is 6.41. The molecule has 0 aromatic rings. The minimum atomic E-state index is -5.20. The molecule has 4 N–H and O–H groups in total. The fourth-order valence-electron chi connectivity index (χ4n) is 5.83. The van der Waals surface area contributed by atoms with Crippen molar-refractivity contribution in [3.8, 4) is 0 Å². The number of likely N-dealkylation sites (tertiary alicyclic amines) is 1. The van der Waals surface area contributed by atoms with Crippen molar-refractivity contribution in [1.29, 1.82) is 0 Å². The van der Waals surface area contributed by atoms with Gasteiger partial charge in [-0.2, -0.15) is 0 Å². The average molecular weight is 588 g/mol. The lowest BCUT2D eigenvalue weighted by atomic mass is 9.89. The molecular formula is C26H43N4O9S-. The van der Waals surface area contributed by atoms with Crippen LogP contribution >= 0.6 is 0 Å². The number of hydrogen-bond acceptors (Lipinski definition) is 9. The zero-order valence-corrected chi connectivity index (χ0v) is 24.1. The van der Waals surface area contributed by atoms with E-state index in [9.17, 15) is 37.3 Å². The number of carbonyl (C=O) groups excluding carboxylic acids is 4. The van der Waals surface area contributed by atoms with Gasteiger partial charge in [0.25, 0.3) is 0 Å². The summed E-state index contributed by atoms with van der Waals surface area (Å²) in [6, 6.07) is -2.94. The Morgan fingerprint density at radius 1 is 1.12 bits per heavy atom. The van der Waals surface area contributed by atoms with E-state index < -0.39 is 45.6 Å². The van der Waals surface area contributed by atoms with Crippen LogP contribution in [-0.4, -0.2) is 90.0 Å². The third-order valence-corrected chi connectivity index (χ3v) is 8.94. The molecule has 0 aromatic heterocycles. The van der Waals surface area contributed by atoms with Crippen LogP contribution < -0.4 is 16.0 Å². The summed E-state index contributed by atoms with van der Waals surface area (Å²) in [5.74, 6) is -1.44. The first-order chi connectivity index (χ1) is 18.8. The first-order valence-corrected chi connectivity index (χ1v) is 15.8. The topological polar surface area (TPSA) is 194 Å². The van der Waals surface area contributed by atoms with Gasteiger partial charge in [0.1, 0.15) is 22.8 Å². The summed E-state index contributed by atoms with van der Waals surface area (Å²) in [7, 11) is -5.20. The smallest absolute Gasteiger partial charge is 0.407 e. The highest BCUT2D eigenvalue weighted by Crippen LogP contribution is 2.28. The van der Waals surface area contributed by atoms with E-state index in [1.807, 2.05) is 13.8 Å². The fraction of sp³-hybridized carbons (Fsp3) is 0.846.